The van der Waals surface area contributed by atoms with Gasteiger partial charge < -0.3 is 9.64 Å². The zero-order chi connectivity index (χ0) is 18.5. The first-order valence-corrected chi connectivity index (χ1v) is 10.2. The van der Waals surface area contributed by atoms with Crippen LogP contribution in [0.15, 0.2) is 30.6 Å². The van der Waals surface area contributed by atoms with E-state index in [0.29, 0.717) is 5.88 Å². The predicted molar refractivity (Wildman–Crippen MR) is 105 cm³/mol. The third kappa shape index (κ3) is 4.38. The molecule has 1 aromatic carbocycles. The van der Waals surface area contributed by atoms with Crippen LogP contribution in [0.25, 0.3) is 10.9 Å². The van der Waals surface area contributed by atoms with E-state index in [1.807, 2.05) is 29.2 Å². The van der Waals surface area contributed by atoms with Gasteiger partial charge in [0, 0.05) is 32.2 Å². The lowest BCUT2D eigenvalue weighted by Gasteiger charge is -2.33. The molecule has 2 aliphatic rings. The lowest BCUT2D eigenvalue weighted by atomic mass is 9.94. The number of aromatic nitrogens is 2. The maximum absolute atomic E-state index is 12.7. The fourth-order valence-corrected chi connectivity index (χ4v) is 4.31. The maximum Gasteiger partial charge on any atom is 0.260 e. The van der Waals surface area contributed by atoms with E-state index >= 15 is 0 Å². The summed E-state index contributed by atoms with van der Waals surface area (Å²) < 4.78 is 5.76. The van der Waals surface area contributed by atoms with Crippen molar-refractivity contribution in [1.29, 1.82) is 0 Å². The summed E-state index contributed by atoms with van der Waals surface area (Å²) >= 11 is 0. The molecule has 0 unspecified atom stereocenters. The van der Waals surface area contributed by atoms with Crippen molar-refractivity contribution in [2.75, 3.05) is 32.8 Å². The van der Waals surface area contributed by atoms with E-state index in [2.05, 4.69) is 14.9 Å². The summed E-state index contributed by atoms with van der Waals surface area (Å²) in [4.78, 5) is 25.7. The fraction of sp³-hybridized carbons (Fsp3) is 0.571. The summed E-state index contributed by atoms with van der Waals surface area (Å²) in [5.41, 5.74) is 0.827. The van der Waals surface area contributed by atoms with Crippen LogP contribution >= 0.6 is 0 Å². The van der Waals surface area contributed by atoms with Crippen LogP contribution in [-0.4, -0.2) is 64.5 Å². The van der Waals surface area contributed by atoms with Crippen molar-refractivity contribution in [3.63, 3.8) is 0 Å². The number of nitrogens with zero attached hydrogens (tertiary/aromatic N) is 4. The van der Waals surface area contributed by atoms with Crippen molar-refractivity contribution < 1.29 is 9.53 Å². The van der Waals surface area contributed by atoms with Gasteiger partial charge in [0.15, 0.2) is 6.61 Å². The molecule has 1 amide bonds. The summed E-state index contributed by atoms with van der Waals surface area (Å²) in [7, 11) is 0. The van der Waals surface area contributed by atoms with Crippen molar-refractivity contribution in [2.24, 2.45) is 0 Å². The number of hydrogen-bond acceptors (Lipinski definition) is 5. The highest BCUT2D eigenvalue weighted by molar-refractivity contribution is 5.84. The lowest BCUT2D eigenvalue weighted by Crippen LogP contribution is -2.41. The smallest absolute Gasteiger partial charge is 0.260 e. The molecule has 0 atom stereocenters. The van der Waals surface area contributed by atoms with E-state index in [0.717, 1.165) is 49.5 Å². The first-order valence-electron chi connectivity index (χ1n) is 10.2. The highest BCUT2D eigenvalue weighted by atomic mass is 16.5. The number of amides is 1. The Balaban J connectivity index is 1.33. The van der Waals surface area contributed by atoms with Crippen molar-refractivity contribution in [2.45, 2.75) is 44.6 Å². The highest BCUT2D eigenvalue weighted by Crippen LogP contribution is 2.24. The Morgan fingerprint density at radius 1 is 1.00 bits per heavy atom. The van der Waals surface area contributed by atoms with Gasteiger partial charge in [0.05, 0.1) is 10.9 Å². The van der Waals surface area contributed by atoms with Crippen LogP contribution < -0.4 is 4.74 Å². The van der Waals surface area contributed by atoms with Crippen molar-refractivity contribution >= 4 is 16.8 Å². The summed E-state index contributed by atoms with van der Waals surface area (Å²) in [6.07, 6.45) is 9.24. The summed E-state index contributed by atoms with van der Waals surface area (Å²) in [5, 5.41) is 0.840. The highest BCUT2D eigenvalue weighted by Gasteiger charge is 2.25. The van der Waals surface area contributed by atoms with Crippen LogP contribution in [0.2, 0.25) is 0 Å². The number of hydrogen-bond donors (Lipinski definition) is 0. The Kier molecular flexibility index (Phi) is 5.82. The standard InChI is InChI=1S/C21H28N4O2/c26-20(15-27-21-18-9-4-5-10-19(18)22-16-23-21)25-12-6-11-24(13-14-25)17-7-2-1-3-8-17/h4-5,9-10,16-17H,1-3,6-8,11-15H2. The zero-order valence-corrected chi connectivity index (χ0v) is 15.8. The quantitative estimate of drug-likeness (QED) is 0.831. The van der Waals surface area contributed by atoms with Gasteiger partial charge in [-0.05, 0) is 31.4 Å². The molecule has 2 aromatic rings. The van der Waals surface area contributed by atoms with E-state index in [1.165, 1.54) is 38.4 Å². The Morgan fingerprint density at radius 3 is 2.74 bits per heavy atom. The summed E-state index contributed by atoms with van der Waals surface area (Å²) in [5.74, 6) is 0.524. The van der Waals surface area contributed by atoms with Gasteiger partial charge >= 0.3 is 0 Å². The minimum atomic E-state index is 0.0322. The second kappa shape index (κ2) is 8.65. The third-order valence-electron chi connectivity index (χ3n) is 5.81. The lowest BCUT2D eigenvalue weighted by molar-refractivity contribution is -0.133. The minimum absolute atomic E-state index is 0.0322. The number of fused-ring (bicyclic) bond motifs is 1. The number of carbonyl (C=O) groups is 1. The van der Waals surface area contributed by atoms with Crippen LogP contribution in [0.5, 0.6) is 5.88 Å². The normalized spacial score (nSPS) is 19.8. The average Bonchev–Trinajstić information content (AvgIpc) is 2.99. The van der Waals surface area contributed by atoms with Crippen molar-refractivity contribution in [3.05, 3.63) is 30.6 Å². The van der Waals surface area contributed by atoms with E-state index in [9.17, 15) is 4.79 Å². The van der Waals surface area contributed by atoms with Gasteiger partial charge in [-0.2, -0.15) is 0 Å². The molecular formula is C21H28N4O2. The molecule has 1 aliphatic carbocycles. The second-order valence-electron chi connectivity index (χ2n) is 7.55. The first-order chi connectivity index (χ1) is 13.3. The first kappa shape index (κ1) is 18.2. The molecule has 0 N–H and O–H groups in total. The SMILES string of the molecule is O=C(COc1ncnc2ccccc12)N1CCCN(C2CCCCC2)CC1. The van der Waals surface area contributed by atoms with Gasteiger partial charge in [-0.3, -0.25) is 9.69 Å². The monoisotopic (exact) mass is 368 g/mol. The Labute approximate surface area is 160 Å². The van der Waals surface area contributed by atoms with Crippen molar-refractivity contribution in [3.8, 4) is 5.88 Å². The number of rotatable bonds is 4. The average molecular weight is 368 g/mol. The summed E-state index contributed by atoms with van der Waals surface area (Å²) in [6.45, 7) is 3.72. The van der Waals surface area contributed by atoms with Gasteiger partial charge in [-0.25, -0.2) is 9.97 Å². The zero-order valence-electron chi connectivity index (χ0n) is 15.8. The Morgan fingerprint density at radius 2 is 1.85 bits per heavy atom. The molecule has 4 rings (SSSR count). The molecule has 6 nitrogen and oxygen atoms in total. The van der Waals surface area contributed by atoms with Crippen LogP contribution in [0.3, 0.4) is 0 Å². The van der Waals surface area contributed by atoms with Crippen LogP contribution in [0.4, 0.5) is 0 Å². The van der Waals surface area contributed by atoms with Gasteiger partial charge in [-0.15, -0.1) is 0 Å². The number of carbonyl (C=O) groups excluding carboxylic acids is 1. The molecule has 0 spiro atoms. The van der Waals surface area contributed by atoms with E-state index in [-0.39, 0.29) is 12.5 Å². The molecule has 0 radical (unpaired) electrons. The molecule has 1 saturated heterocycles. The molecule has 144 valence electrons. The largest absolute Gasteiger partial charge is 0.467 e. The van der Waals surface area contributed by atoms with E-state index in [1.54, 1.807) is 0 Å². The number of ether oxygens (including phenoxy) is 1. The van der Waals surface area contributed by atoms with Gasteiger partial charge in [0.1, 0.15) is 6.33 Å². The van der Waals surface area contributed by atoms with Crippen LogP contribution in [0, 0.1) is 0 Å². The molecule has 0 bridgehead atoms. The minimum Gasteiger partial charge on any atom is -0.467 e. The maximum atomic E-state index is 12.7. The van der Waals surface area contributed by atoms with Gasteiger partial charge in [0.25, 0.3) is 5.91 Å². The molecule has 27 heavy (non-hydrogen) atoms. The Hall–Kier alpha value is -2.21. The van der Waals surface area contributed by atoms with Crippen LogP contribution in [0.1, 0.15) is 38.5 Å². The molecule has 6 heteroatoms. The molecule has 2 fully saturated rings. The van der Waals surface area contributed by atoms with Gasteiger partial charge in [0.2, 0.25) is 5.88 Å². The third-order valence-corrected chi connectivity index (χ3v) is 5.81. The summed E-state index contributed by atoms with van der Waals surface area (Å²) in [6, 6.07) is 8.41. The predicted octanol–water partition coefficient (Wildman–Crippen LogP) is 2.88. The molecular weight excluding hydrogens is 340 g/mol. The molecule has 1 aromatic heterocycles. The topological polar surface area (TPSA) is 58.6 Å². The molecule has 1 saturated carbocycles. The van der Waals surface area contributed by atoms with Crippen LogP contribution in [-0.2, 0) is 4.79 Å². The molecule has 2 heterocycles. The van der Waals surface area contributed by atoms with E-state index in [4.69, 9.17) is 4.74 Å². The molecule has 1 aliphatic heterocycles. The Bertz CT molecular complexity index is 770. The fourth-order valence-electron chi connectivity index (χ4n) is 4.31. The van der Waals surface area contributed by atoms with E-state index < -0.39 is 0 Å². The van der Waals surface area contributed by atoms with Crippen molar-refractivity contribution in [1.82, 2.24) is 19.8 Å². The second-order valence-corrected chi connectivity index (χ2v) is 7.55. The number of para-hydroxylation sites is 1. The van der Waals surface area contributed by atoms with Gasteiger partial charge in [-0.1, -0.05) is 31.4 Å². The number of benzene rings is 1.